The van der Waals surface area contributed by atoms with Gasteiger partial charge in [-0.15, -0.1) is 0 Å². The Hall–Kier alpha value is -0.860. The first-order valence-corrected chi connectivity index (χ1v) is 7.65. The predicted octanol–water partition coefficient (Wildman–Crippen LogP) is 1.20. The van der Waals surface area contributed by atoms with Crippen molar-refractivity contribution in [3.8, 4) is 11.1 Å². The lowest BCUT2D eigenvalue weighted by molar-refractivity contribution is 0.492. The maximum Gasteiger partial charge on any atom is 0.201 e. The lowest BCUT2D eigenvalue weighted by atomic mass is 10.1. The SMILES string of the molecule is OP(O)c1cccc(-c2ccccc2)c1P(O)O. The first-order chi connectivity index (χ1) is 8.61. The standard InChI is InChI=1S/C12H12O4P2/c13-17(14)11-8-4-7-10(12(11)18(15)16)9-5-2-1-3-6-9/h1-8,13-16H. The van der Waals surface area contributed by atoms with Crippen LogP contribution >= 0.6 is 16.8 Å². The zero-order valence-corrected chi connectivity index (χ0v) is 11.1. The van der Waals surface area contributed by atoms with Gasteiger partial charge in [-0.25, -0.2) is 0 Å². The molecule has 0 aliphatic carbocycles. The first kappa shape index (κ1) is 13.6. The van der Waals surface area contributed by atoms with Gasteiger partial charge in [0.05, 0.1) is 0 Å². The third kappa shape index (κ3) is 2.76. The monoisotopic (exact) mass is 282 g/mol. The number of rotatable bonds is 3. The van der Waals surface area contributed by atoms with E-state index >= 15 is 0 Å². The lowest BCUT2D eigenvalue weighted by Crippen LogP contribution is -2.23. The van der Waals surface area contributed by atoms with Crippen molar-refractivity contribution in [2.45, 2.75) is 0 Å². The van der Waals surface area contributed by atoms with Crippen LogP contribution in [0.15, 0.2) is 48.5 Å². The molecular weight excluding hydrogens is 270 g/mol. The Morgan fingerprint density at radius 3 is 1.89 bits per heavy atom. The summed E-state index contributed by atoms with van der Waals surface area (Å²) >= 11 is 0. The largest absolute Gasteiger partial charge is 0.347 e. The molecule has 0 bridgehead atoms. The number of benzene rings is 2. The van der Waals surface area contributed by atoms with Gasteiger partial charge in [-0.05, 0) is 17.2 Å². The smallest absolute Gasteiger partial charge is 0.201 e. The molecule has 0 heterocycles. The molecule has 4 N–H and O–H groups in total. The number of hydrogen-bond donors (Lipinski definition) is 4. The topological polar surface area (TPSA) is 80.9 Å². The second-order valence-corrected chi connectivity index (χ2v) is 5.71. The zero-order valence-electron chi connectivity index (χ0n) is 9.30. The summed E-state index contributed by atoms with van der Waals surface area (Å²) in [4.78, 5) is 37.7. The summed E-state index contributed by atoms with van der Waals surface area (Å²) in [6.07, 6.45) is 0. The molecule has 0 amide bonds. The molecule has 0 radical (unpaired) electrons. The highest BCUT2D eigenvalue weighted by Gasteiger charge is 2.20. The Labute approximate surface area is 107 Å². The van der Waals surface area contributed by atoms with Crippen LogP contribution in [-0.2, 0) is 0 Å². The van der Waals surface area contributed by atoms with Crippen LogP contribution in [0.1, 0.15) is 0 Å². The average molecular weight is 282 g/mol. The summed E-state index contributed by atoms with van der Waals surface area (Å²) in [6, 6.07) is 14.1. The summed E-state index contributed by atoms with van der Waals surface area (Å²) in [5.74, 6) is 0. The van der Waals surface area contributed by atoms with E-state index in [0.717, 1.165) is 5.56 Å². The van der Waals surface area contributed by atoms with Crippen LogP contribution in [0.25, 0.3) is 11.1 Å². The second-order valence-electron chi connectivity index (χ2n) is 3.62. The Morgan fingerprint density at radius 1 is 0.667 bits per heavy atom. The molecule has 18 heavy (non-hydrogen) atoms. The summed E-state index contributed by atoms with van der Waals surface area (Å²) in [5.41, 5.74) is 1.42. The molecule has 0 aliphatic rings. The molecular formula is C12H12O4P2. The molecule has 2 aromatic rings. The van der Waals surface area contributed by atoms with Crippen molar-refractivity contribution in [1.29, 1.82) is 0 Å². The van der Waals surface area contributed by atoms with E-state index < -0.39 is 16.8 Å². The molecule has 0 saturated heterocycles. The van der Waals surface area contributed by atoms with Gasteiger partial charge in [-0.3, -0.25) is 0 Å². The maximum absolute atomic E-state index is 9.50. The van der Waals surface area contributed by atoms with Gasteiger partial charge in [-0.2, -0.15) is 0 Å². The average Bonchev–Trinajstić information content (AvgIpc) is 2.38. The van der Waals surface area contributed by atoms with Crippen molar-refractivity contribution in [3.63, 3.8) is 0 Å². The van der Waals surface area contributed by atoms with Gasteiger partial charge in [0, 0.05) is 10.6 Å². The van der Waals surface area contributed by atoms with Crippen molar-refractivity contribution in [2.75, 3.05) is 0 Å². The fourth-order valence-electron chi connectivity index (χ4n) is 1.75. The van der Waals surface area contributed by atoms with E-state index in [1.807, 2.05) is 30.3 Å². The normalized spacial score (nSPS) is 11.2. The van der Waals surface area contributed by atoms with Crippen LogP contribution in [0.2, 0.25) is 0 Å². The summed E-state index contributed by atoms with van der Waals surface area (Å²) in [7, 11) is -4.76. The van der Waals surface area contributed by atoms with E-state index in [2.05, 4.69) is 0 Å². The van der Waals surface area contributed by atoms with E-state index in [0.29, 0.717) is 5.56 Å². The van der Waals surface area contributed by atoms with Crippen molar-refractivity contribution in [2.24, 2.45) is 0 Å². The molecule has 0 aliphatic heterocycles. The Morgan fingerprint density at radius 2 is 1.33 bits per heavy atom. The highest BCUT2D eigenvalue weighted by atomic mass is 31.2. The molecule has 0 unspecified atom stereocenters. The molecule has 0 aromatic heterocycles. The molecule has 4 nitrogen and oxygen atoms in total. The quantitative estimate of drug-likeness (QED) is 0.638. The van der Waals surface area contributed by atoms with Gasteiger partial charge in [0.15, 0.2) is 8.38 Å². The minimum absolute atomic E-state index is 0.183. The molecule has 0 spiro atoms. The van der Waals surface area contributed by atoms with Crippen LogP contribution in [0.4, 0.5) is 0 Å². The third-order valence-electron chi connectivity index (χ3n) is 2.51. The van der Waals surface area contributed by atoms with Gasteiger partial charge >= 0.3 is 0 Å². The fraction of sp³-hybridized carbons (Fsp3) is 0. The van der Waals surface area contributed by atoms with Crippen LogP contribution in [-0.4, -0.2) is 19.6 Å². The molecule has 2 aromatic carbocycles. The van der Waals surface area contributed by atoms with Crippen molar-refractivity contribution >= 4 is 27.4 Å². The minimum atomic E-state index is -2.40. The maximum atomic E-state index is 9.50. The van der Waals surface area contributed by atoms with E-state index in [4.69, 9.17) is 0 Å². The predicted molar refractivity (Wildman–Crippen MR) is 73.9 cm³/mol. The molecule has 2 rings (SSSR count). The first-order valence-electron chi connectivity index (χ1n) is 5.15. The van der Waals surface area contributed by atoms with Crippen LogP contribution < -0.4 is 10.6 Å². The zero-order chi connectivity index (χ0) is 13.1. The fourth-order valence-corrected chi connectivity index (χ4v) is 3.52. The molecule has 0 saturated carbocycles. The van der Waals surface area contributed by atoms with Gasteiger partial charge in [0.25, 0.3) is 0 Å². The lowest BCUT2D eigenvalue weighted by Gasteiger charge is -2.16. The Bertz CT molecular complexity index is 529. The van der Waals surface area contributed by atoms with Crippen molar-refractivity contribution < 1.29 is 19.6 Å². The minimum Gasteiger partial charge on any atom is -0.347 e. The highest BCUT2D eigenvalue weighted by molar-refractivity contribution is 7.61. The third-order valence-corrected chi connectivity index (χ3v) is 4.38. The number of hydrogen-bond acceptors (Lipinski definition) is 4. The van der Waals surface area contributed by atoms with E-state index in [-0.39, 0.29) is 10.6 Å². The van der Waals surface area contributed by atoms with Gasteiger partial charge in [-0.1, -0.05) is 42.5 Å². The summed E-state index contributed by atoms with van der Waals surface area (Å²) < 4.78 is 0. The van der Waals surface area contributed by atoms with Gasteiger partial charge in [0.2, 0.25) is 8.38 Å². The van der Waals surface area contributed by atoms with Gasteiger partial charge in [0.1, 0.15) is 0 Å². The molecule has 6 heteroatoms. The summed E-state index contributed by atoms with van der Waals surface area (Å²) in [5, 5.41) is 0.386. The van der Waals surface area contributed by atoms with Gasteiger partial charge < -0.3 is 19.6 Å². The summed E-state index contributed by atoms with van der Waals surface area (Å²) in [6.45, 7) is 0. The second kappa shape index (κ2) is 5.85. The van der Waals surface area contributed by atoms with Crippen LogP contribution in [0, 0.1) is 0 Å². The van der Waals surface area contributed by atoms with E-state index in [1.165, 1.54) is 6.07 Å². The van der Waals surface area contributed by atoms with Crippen molar-refractivity contribution in [3.05, 3.63) is 48.5 Å². The molecule has 0 atom stereocenters. The Balaban J connectivity index is 2.64. The van der Waals surface area contributed by atoms with E-state index in [1.54, 1.807) is 12.1 Å². The van der Waals surface area contributed by atoms with Crippen LogP contribution in [0.5, 0.6) is 0 Å². The Kier molecular flexibility index (Phi) is 4.41. The molecule has 0 fully saturated rings. The van der Waals surface area contributed by atoms with Crippen LogP contribution in [0.3, 0.4) is 0 Å². The van der Waals surface area contributed by atoms with E-state index in [9.17, 15) is 19.6 Å². The highest BCUT2D eigenvalue weighted by Crippen LogP contribution is 2.34. The van der Waals surface area contributed by atoms with Crippen molar-refractivity contribution in [1.82, 2.24) is 0 Å². The molecule has 94 valence electrons.